The third kappa shape index (κ3) is 3.04. The highest BCUT2D eigenvalue weighted by Crippen LogP contribution is 2.27. The Morgan fingerprint density at radius 2 is 2.11 bits per heavy atom. The normalized spacial score (nSPS) is 18.0. The van der Waals surface area contributed by atoms with Gasteiger partial charge < -0.3 is 15.0 Å². The molecule has 1 heterocycles. The van der Waals surface area contributed by atoms with Crippen LogP contribution in [0.4, 0.5) is 0 Å². The van der Waals surface area contributed by atoms with Gasteiger partial charge in [-0.2, -0.15) is 0 Å². The Balaban J connectivity index is 2.15. The second-order valence-corrected chi connectivity index (χ2v) is 5.32. The maximum Gasteiger partial charge on any atom is 0.252 e. The molecule has 1 aliphatic rings. The summed E-state index contributed by atoms with van der Waals surface area (Å²) in [6.07, 6.45) is 6.32. The Kier molecular flexibility index (Phi) is 4.04. The molecule has 0 unspecified atom stereocenters. The van der Waals surface area contributed by atoms with Gasteiger partial charge in [-0.15, -0.1) is 0 Å². The fourth-order valence-electron chi connectivity index (χ4n) is 2.55. The van der Waals surface area contributed by atoms with Crippen molar-refractivity contribution >= 4 is 5.91 Å². The van der Waals surface area contributed by atoms with Gasteiger partial charge in [0.15, 0.2) is 0 Å². The molecule has 2 rings (SSSR count). The number of pyridine rings is 1. The van der Waals surface area contributed by atoms with E-state index >= 15 is 0 Å². The van der Waals surface area contributed by atoms with Gasteiger partial charge in [0.25, 0.3) is 11.5 Å². The van der Waals surface area contributed by atoms with Crippen LogP contribution in [0.15, 0.2) is 23.1 Å². The third-order valence-corrected chi connectivity index (χ3v) is 3.86. The summed E-state index contributed by atoms with van der Waals surface area (Å²) in [6, 6.07) is 2.94. The van der Waals surface area contributed by atoms with E-state index in [1.807, 2.05) is 0 Å². The molecule has 0 atom stereocenters. The van der Waals surface area contributed by atoms with Gasteiger partial charge in [-0.3, -0.25) is 9.59 Å². The van der Waals surface area contributed by atoms with E-state index in [-0.39, 0.29) is 18.1 Å². The smallest absolute Gasteiger partial charge is 0.252 e. The summed E-state index contributed by atoms with van der Waals surface area (Å²) in [4.78, 5) is 23.7. The minimum absolute atomic E-state index is 0.0520. The Labute approximate surface area is 112 Å². The van der Waals surface area contributed by atoms with Gasteiger partial charge >= 0.3 is 0 Å². The quantitative estimate of drug-likeness (QED) is 0.848. The van der Waals surface area contributed by atoms with Crippen LogP contribution in [0, 0.1) is 0 Å². The lowest BCUT2D eigenvalue weighted by molar-refractivity contribution is 0.0758. The first kappa shape index (κ1) is 13.8. The predicted octanol–water partition coefficient (Wildman–Crippen LogP) is 0.810. The van der Waals surface area contributed by atoms with Gasteiger partial charge in [0.2, 0.25) is 0 Å². The fraction of sp³-hybridized carbons (Fsp3) is 0.571. The predicted molar refractivity (Wildman–Crippen MR) is 72.1 cm³/mol. The lowest BCUT2D eigenvalue weighted by Gasteiger charge is -2.36. The number of nitrogens with zero attached hydrogens (tertiary/aromatic N) is 1. The molecule has 0 spiro atoms. The Morgan fingerprint density at radius 3 is 2.68 bits per heavy atom. The molecule has 1 aromatic rings. The molecule has 0 bridgehead atoms. The number of aromatic nitrogens is 1. The van der Waals surface area contributed by atoms with E-state index < -0.39 is 5.54 Å². The van der Waals surface area contributed by atoms with Crippen molar-refractivity contribution in [2.24, 2.45) is 7.05 Å². The zero-order valence-corrected chi connectivity index (χ0v) is 11.2. The van der Waals surface area contributed by atoms with Crippen molar-refractivity contribution in [1.82, 2.24) is 9.88 Å². The molecule has 1 aromatic heterocycles. The Morgan fingerprint density at radius 1 is 1.42 bits per heavy atom. The molecule has 1 saturated carbocycles. The highest BCUT2D eigenvalue weighted by Gasteiger charge is 2.33. The minimum atomic E-state index is -0.517. The molecule has 0 aromatic carbocycles. The van der Waals surface area contributed by atoms with Gasteiger partial charge in [-0.1, -0.05) is 19.3 Å². The van der Waals surface area contributed by atoms with E-state index in [0.29, 0.717) is 5.56 Å². The molecule has 0 saturated heterocycles. The fourth-order valence-corrected chi connectivity index (χ4v) is 2.55. The summed E-state index contributed by atoms with van der Waals surface area (Å²) in [7, 11) is 1.64. The number of amides is 1. The molecular weight excluding hydrogens is 244 g/mol. The summed E-state index contributed by atoms with van der Waals surface area (Å²) in [5, 5.41) is 12.5. The van der Waals surface area contributed by atoms with Crippen molar-refractivity contribution in [3.63, 3.8) is 0 Å². The van der Waals surface area contributed by atoms with Crippen LogP contribution in [0.25, 0.3) is 0 Å². The van der Waals surface area contributed by atoms with E-state index in [1.165, 1.54) is 10.6 Å². The zero-order chi connectivity index (χ0) is 13.9. The molecule has 1 fully saturated rings. The van der Waals surface area contributed by atoms with Gasteiger partial charge in [0.1, 0.15) is 0 Å². The first-order valence-corrected chi connectivity index (χ1v) is 6.66. The van der Waals surface area contributed by atoms with E-state index in [9.17, 15) is 14.7 Å². The molecule has 1 aliphatic carbocycles. The number of carbonyl (C=O) groups is 1. The molecule has 0 radical (unpaired) electrons. The van der Waals surface area contributed by atoms with Crippen molar-refractivity contribution in [1.29, 1.82) is 0 Å². The largest absolute Gasteiger partial charge is 0.394 e. The summed E-state index contributed by atoms with van der Waals surface area (Å²) in [5.74, 6) is -0.284. The van der Waals surface area contributed by atoms with Crippen LogP contribution in [0.2, 0.25) is 0 Å². The molecule has 0 aliphatic heterocycles. The first-order chi connectivity index (χ1) is 9.06. The summed E-state index contributed by atoms with van der Waals surface area (Å²) in [5.41, 5.74) is -0.382. The van der Waals surface area contributed by atoms with Gasteiger partial charge in [-0.25, -0.2) is 0 Å². The van der Waals surface area contributed by atoms with E-state index in [1.54, 1.807) is 19.3 Å². The topological polar surface area (TPSA) is 71.3 Å². The average molecular weight is 264 g/mol. The van der Waals surface area contributed by atoms with E-state index in [2.05, 4.69) is 5.32 Å². The SMILES string of the molecule is Cn1ccc(C(=O)NC2(CO)CCCCC2)cc1=O. The molecule has 5 heteroatoms. The molecule has 1 amide bonds. The van der Waals surface area contributed by atoms with E-state index in [4.69, 9.17) is 0 Å². The number of aryl methyl sites for hydroxylation is 1. The Hall–Kier alpha value is -1.62. The molecule has 104 valence electrons. The van der Waals surface area contributed by atoms with E-state index in [0.717, 1.165) is 32.1 Å². The van der Waals surface area contributed by atoms with Crippen LogP contribution in [0.1, 0.15) is 42.5 Å². The maximum atomic E-state index is 12.2. The highest BCUT2D eigenvalue weighted by atomic mass is 16.3. The van der Waals surface area contributed by atoms with Crippen LogP contribution >= 0.6 is 0 Å². The average Bonchev–Trinajstić information content (AvgIpc) is 2.43. The van der Waals surface area contributed by atoms with Crippen LogP contribution in [0.3, 0.4) is 0 Å². The summed E-state index contributed by atoms with van der Waals surface area (Å²) in [6.45, 7) is -0.0520. The van der Waals surface area contributed by atoms with Crippen molar-refractivity contribution in [3.8, 4) is 0 Å². The third-order valence-electron chi connectivity index (χ3n) is 3.86. The van der Waals surface area contributed by atoms with Crippen LogP contribution in [0.5, 0.6) is 0 Å². The maximum absolute atomic E-state index is 12.2. The second kappa shape index (κ2) is 5.57. The molecule has 19 heavy (non-hydrogen) atoms. The number of rotatable bonds is 3. The Bertz CT molecular complexity index is 516. The number of nitrogens with one attached hydrogen (secondary N) is 1. The number of hydrogen-bond acceptors (Lipinski definition) is 3. The lowest BCUT2D eigenvalue weighted by Crippen LogP contribution is -2.52. The summed E-state index contributed by atoms with van der Waals surface area (Å²) >= 11 is 0. The van der Waals surface area contributed by atoms with Crippen LogP contribution < -0.4 is 10.9 Å². The first-order valence-electron chi connectivity index (χ1n) is 6.66. The minimum Gasteiger partial charge on any atom is -0.394 e. The number of carbonyl (C=O) groups excluding carboxylic acids is 1. The van der Waals surface area contributed by atoms with Crippen LogP contribution in [-0.4, -0.2) is 27.7 Å². The zero-order valence-electron chi connectivity index (χ0n) is 11.2. The second-order valence-electron chi connectivity index (χ2n) is 5.32. The lowest BCUT2D eigenvalue weighted by atomic mass is 9.82. The van der Waals surface area contributed by atoms with Gasteiger partial charge in [0, 0.05) is 24.9 Å². The van der Waals surface area contributed by atoms with Crippen molar-refractivity contribution in [3.05, 3.63) is 34.2 Å². The van der Waals surface area contributed by atoms with Crippen molar-refractivity contribution < 1.29 is 9.90 Å². The molecule has 2 N–H and O–H groups in total. The molecule has 5 nitrogen and oxygen atoms in total. The highest BCUT2D eigenvalue weighted by molar-refractivity contribution is 5.94. The van der Waals surface area contributed by atoms with Crippen molar-refractivity contribution in [2.45, 2.75) is 37.6 Å². The standard InChI is InChI=1S/C14H20N2O3/c1-16-8-5-11(9-12(16)18)13(19)15-14(10-17)6-3-2-4-7-14/h5,8-9,17H,2-4,6-7,10H2,1H3,(H,15,19). The van der Waals surface area contributed by atoms with Gasteiger partial charge in [-0.05, 0) is 18.9 Å². The number of aliphatic hydroxyl groups is 1. The summed E-state index contributed by atoms with van der Waals surface area (Å²) < 4.78 is 1.42. The monoisotopic (exact) mass is 264 g/mol. The van der Waals surface area contributed by atoms with Crippen molar-refractivity contribution in [2.75, 3.05) is 6.61 Å². The molecular formula is C14H20N2O3. The van der Waals surface area contributed by atoms with Gasteiger partial charge in [0.05, 0.1) is 12.1 Å². The number of aliphatic hydroxyl groups excluding tert-OH is 1. The number of hydrogen-bond donors (Lipinski definition) is 2. The van der Waals surface area contributed by atoms with Crippen LogP contribution in [-0.2, 0) is 7.05 Å².